The molecule has 136 valence electrons. The smallest absolute Gasteiger partial charge is 0.245 e. The number of amides is 2. The number of fused-ring (bicyclic) bond motifs is 2. The van der Waals surface area contributed by atoms with E-state index in [2.05, 4.69) is 29.6 Å². The van der Waals surface area contributed by atoms with Crippen molar-refractivity contribution < 1.29 is 9.59 Å². The Balaban J connectivity index is 1.83. The number of nitrogens with two attached hydrogens (primary N) is 1. The van der Waals surface area contributed by atoms with Gasteiger partial charge in [-0.3, -0.25) is 9.59 Å². The lowest BCUT2D eigenvalue weighted by Crippen LogP contribution is -2.54. The highest BCUT2D eigenvalue weighted by atomic mass is 16.2. The van der Waals surface area contributed by atoms with Crippen molar-refractivity contribution in [1.82, 2.24) is 10.2 Å². The molecule has 2 aliphatic carbocycles. The molecule has 0 aliphatic heterocycles. The zero-order valence-electron chi connectivity index (χ0n) is 15.2. The van der Waals surface area contributed by atoms with Gasteiger partial charge >= 0.3 is 0 Å². The largest absolute Gasteiger partial charge is 0.343 e. The minimum Gasteiger partial charge on any atom is -0.343 e. The van der Waals surface area contributed by atoms with E-state index in [1.165, 1.54) is 24.8 Å². The van der Waals surface area contributed by atoms with E-state index in [9.17, 15) is 9.59 Å². The molecule has 2 bridgehead atoms. The van der Waals surface area contributed by atoms with Gasteiger partial charge in [-0.1, -0.05) is 30.3 Å². The van der Waals surface area contributed by atoms with E-state index in [-0.39, 0.29) is 24.4 Å². The van der Waals surface area contributed by atoms with Crippen LogP contribution < -0.4 is 11.1 Å². The zero-order valence-corrected chi connectivity index (χ0v) is 15.2. The van der Waals surface area contributed by atoms with E-state index in [0.717, 1.165) is 0 Å². The molecule has 5 atom stereocenters. The maximum Gasteiger partial charge on any atom is 0.245 e. The van der Waals surface area contributed by atoms with E-state index in [1.807, 2.05) is 17.9 Å². The maximum absolute atomic E-state index is 13.0. The van der Waals surface area contributed by atoms with Gasteiger partial charge in [0, 0.05) is 18.5 Å². The summed E-state index contributed by atoms with van der Waals surface area (Å²) in [6.45, 7) is 4.36. The summed E-state index contributed by atoms with van der Waals surface area (Å²) in [7, 11) is 0. The fourth-order valence-electron chi connectivity index (χ4n) is 4.98. The second-order valence-electron chi connectivity index (χ2n) is 7.38. The summed E-state index contributed by atoms with van der Waals surface area (Å²) in [5.74, 6) is 1.35. The third-order valence-electron chi connectivity index (χ3n) is 5.97. The topological polar surface area (TPSA) is 75.4 Å². The van der Waals surface area contributed by atoms with Crippen molar-refractivity contribution in [2.45, 2.75) is 51.1 Å². The lowest BCUT2D eigenvalue weighted by Gasteiger charge is -2.40. The fraction of sp³-hybridized carbons (Fsp3) is 0.600. The van der Waals surface area contributed by atoms with Crippen LogP contribution in [0, 0.1) is 11.8 Å². The van der Waals surface area contributed by atoms with Gasteiger partial charge in [-0.25, -0.2) is 0 Å². The maximum atomic E-state index is 13.0. The third-order valence-corrected chi connectivity index (χ3v) is 5.97. The van der Waals surface area contributed by atoms with Crippen molar-refractivity contribution >= 4 is 11.8 Å². The number of hydrogen-bond acceptors (Lipinski definition) is 3. The highest BCUT2D eigenvalue weighted by Gasteiger charge is 2.51. The molecule has 2 saturated carbocycles. The van der Waals surface area contributed by atoms with E-state index in [4.69, 9.17) is 5.73 Å². The average molecular weight is 343 g/mol. The standard InChI is InChI=1S/C20H29N3O2/c1-3-23(20(25)13(2)22-17(24)12-21)19-16-10-9-15(11-16)18(19)14-7-5-4-6-8-14/h4-8,13,15-16,18-19H,3,9-12,21H2,1-2H3,(H,22,24)/t13-,15?,16?,18?,19?/m0/s1. The van der Waals surface area contributed by atoms with Gasteiger partial charge < -0.3 is 16.0 Å². The molecule has 2 fully saturated rings. The first-order valence-electron chi connectivity index (χ1n) is 9.41. The Morgan fingerprint density at radius 2 is 1.92 bits per heavy atom. The van der Waals surface area contributed by atoms with Gasteiger partial charge in [0.05, 0.1) is 6.54 Å². The molecule has 5 nitrogen and oxygen atoms in total. The molecule has 1 aromatic carbocycles. The minimum atomic E-state index is -0.536. The van der Waals surface area contributed by atoms with Gasteiger partial charge in [-0.05, 0) is 50.5 Å². The van der Waals surface area contributed by atoms with Gasteiger partial charge in [0.2, 0.25) is 11.8 Å². The Hall–Kier alpha value is -1.88. The molecule has 0 aromatic heterocycles. The third kappa shape index (κ3) is 3.43. The molecule has 1 aromatic rings. The van der Waals surface area contributed by atoms with E-state index in [0.29, 0.717) is 24.3 Å². The van der Waals surface area contributed by atoms with Gasteiger partial charge in [0.25, 0.3) is 0 Å². The summed E-state index contributed by atoms with van der Waals surface area (Å²) in [5.41, 5.74) is 6.70. The number of nitrogens with zero attached hydrogens (tertiary/aromatic N) is 1. The lowest BCUT2D eigenvalue weighted by molar-refractivity contribution is -0.139. The number of hydrogen-bond donors (Lipinski definition) is 2. The number of benzene rings is 1. The number of rotatable bonds is 6. The summed E-state index contributed by atoms with van der Waals surface area (Å²) in [4.78, 5) is 26.6. The summed E-state index contributed by atoms with van der Waals surface area (Å²) in [6.07, 6.45) is 3.66. The molecule has 0 heterocycles. The Morgan fingerprint density at radius 1 is 1.24 bits per heavy atom. The SMILES string of the molecule is CCN(C(=O)[C@H](C)NC(=O)CN)C1C2CCC(C2)C1c1ccccc1. The summed E-state index contributed by atoms with van der Waals surface area (Å²) in [6, 6.07) is 10.3. The van der Waals surface area contributed by atoms with Crippen LogP contribution >= 0.6 is 0 Å². The highest BCUT2D eigenvalue weighted by Crippen LogP contribution is 2.54. The predicted molar refractivity (Wildman–Crippen MR) is 97.8 cm³/mol. The van der Waals surface area contributed by atoms with E-state index in [1.54, 1.807) is 6.92 Å². The first-order valence-corrected chi connectivity index (χ1v) is 9.41. The van der Waals surface area contributed by atoms with Crippen LogP contribution in [0.2, 0.25) is 0 Å². The van der Waals surface area contributed by atoms with Crippen molar-refractivity contribution in [1.29, 1.82) is 0 Å². The van der Waals surface area contributed by atoms with Gasteiger partial charge in [0.1, 0.15) is 6.04 Å². The highest BCUT2D eigenvalue weighted by molar-refractivity contribution is 5.88. The molecule has 0 radical (unpaired) electrons. The van der Waals surface area contributed by atoms with Crippen LogP contribution in [0.5, 0.6) is 0 Å². The molecule has 3 rings (SSSR count). The number of likely N-dealkylation sites (N-methyl/N-ethyl adjacent to an activating group) is 1. The Labute approximate surface area is 150 Å². The molecule has 25 heavy (non-hydrogen) atoms. The monoisotopic (exact) mass is 343 g/mol. The van der Waals surface area contributed by atoms with Crippen molar-refractivity contribution in [3.8, 4) is 0 Å². The minimum absolute atomic E-state index is 0.00258. The molecule has 0 saturated heterocycles. The van der Waals surface area contributed by atoms with Gasteiger partial charge in [0.15, 0.2) is 0 Å². The van der Waals surface area contributed by atoms with Crippen LogP contribution in [0.4, 0.5) is 0 Å². The van der Waals surface area contributed by atoms with Crippen LogP contribution in [0.15, 0.2) is 30.3 Å². The molecular weight excluding hydrogens is 314 g/mol. The van der Waals surface area contributed by atoms with Crippen LogP contribution in [0.25, 0.3) is 0 Å². The van der Waals surface area contributed by atoms with Crippen LogP contribution in [-0.2, 0) is 9.59 Å². The fourth-order valence-corrected chi connectivity index (χ4v) is 4.98. The van der Waals surface area contributed by atoms with Crippen molar-refractivity contribution in [3.05, 3.63) is 35.9 Å². The molecular formula is C20H29N3O2. The first-order chi connectivity index (χ1) is 12.1. The lowest BCUT2D eigenvalue weighted by atomic mass is 9.79. The van der Waals surface area contributed by atoms with Crippen molar-refractivity contribution in [2.24, 2.45) is 17.6 Å². The summed E-state index contributed by atoms with van der Waals surface area (Å²) < 4.78 is 0. The number of carbonyl (C=O) groups excluding carboxylic acids is 2. The zero-order chi connectivity index (χ0) is 18.0. The molecule has 2 amide bonds. The van der Waals surface area contributed by atoms with Gasteiger partial charge in [-0.2, -0.15) is 0 Å². The Kier molecular flexibility index (Phi) is 5.42. The first kappa shape index (κ1) is 17.9. The normalized spacial score (nSPS) is 28.6. The Bertz CT molecular complexity index is 619. The van der Waals surface area contributed by atoms with E-state index < -0.39 is 6.04 Å². The van der Waals surface area contributed by atoms with Crippen molar-refractivity contribution in [2.75, 3.05) is 13.1 Å². The predicted octanol–water partition coefficient (Wildman–Crippen LogP) is 1.88. The van der Waals surface area contributed by atoms with Crippen LogP contribution in [0.3, 0.4) is 0 Å². The molecule has 3 N–H and O–H groups in total. The molecule has 0 spiro atoms. The average Bonchev–Trinajstić information content (AvgIpc) is 3.24. The van der Waals surface area contributed by atoms with Gasteiger partial charge in [-0.15, -0.1) is 0 Å². The number of carbonyl (C=O) groups is 2. The molecule has 5 heteroatoms. The van der Waals surface area contributed by atoms with Crippen LogP contribution in [0.1, 0.15) is 44.6 Å². The second kappa shape index (κ2) is 7.56. The Morgan fingerprint density at radius 3 is 2.56 bits per heavy atom. The summed E-state index contributed by atoms with van der Waals surface area (Å²) >= 11 is 0. The molecule has 4 unspecified atom stereocenters. The quantitative estimate of drug-likeness (QED) is 0.828. The van der Waals surface area contributed by atoms with Crippen molar-refractivity contribution in [3.63, 3.8) is 0 Å². The summed E-state index contributed by atoms with van der Waals surface area (Å²) in [5, 5.41) is 2.71. The molecule has 2 aliphatic rings. The second-order valence-corrected chi connectivity index (χ2v) is 7.38. The number of nitrogens with one attached hydrogen (secondary N) is 1. The van der Waals surface area contributed by atoms with E-state index >= 15 is 0 Å². The van der Waals surface area contributed by atoms with Crippen LogP contribution in [-0.4, -0.2) is 41.9 Å².